The fourth-order valence-electron chi connectivity index (χ4n) is 1.73. The average Bonchev–Trinajstić information content (AvgIpc) is 2.40. The molecule has 2 aromatic carbocycles. The van der Waals surface area contributed by atoms with Gasteiger partial charge < -0.3 is 5.43 Å². The van der Waals surface area contributed by atoms with Crippen molar-refractivity contribution in [3.63, 3.8) is 0 Å². The summed E-state index contributed by atoms with van der Waals surface area (Å²) in [6.07, 6.45) is 0. The Balaban J connectivity index is 1.89. The summed E-state index contributed by atoms with van der Waals surface area (Å²) in [5.41, 5.74) is 4.63. The third kappa shape index (κ3) is 2.74. The molecule has 0 bridgehead atoms. The summed E-state index contributed by atoms with van der Waals surface area (Å²) >= 11 is 0. The maximum atomic E-state index is 3.46. The van der Waals surface area contributed by atoms with Crippen molar-refractivity contribution >= 4 is 43.1 Å². The number of hydrogen-bond acceptors (Lipinski definition) is 4. The number of hydrogen-bond donors (Lipinski definition) is 3. The van der Waals surface area contributed by atoms with Crippen LogP contribution in [0.1, 0.15) is 0 Å². The van der Waals surface area contributed by atoms with Crippen molar-refractivity contribution in [2.24, 2.45) is 0 Å². The van der Waals surface area contributed by atoms with Crippen LogP contribution in [0.15, 0.2) is 42.5 Å². The number of benzene rings is 2. The van der Waals surface area contributed by atoms with Crippen molar-refractivity contribution in [3.05, 3.63) is 42.5 Å². The van der Waals surface area contributed by atoms with E-state index < -0.39 is 0 Å². The summed E-state index contributed by atoms with van der Waals surface area (Å²) in [5, 5.41) is 2.53. The van der Waals surface area contributed by atoms with E-state index >= 15 is 0 Å². The van der Waals surface area contributed by atoms with Gasteiger partial charge in [0.05, 0.1) is 23.5 Å². The molecule has 0 aromatic heterocycles. The Kier molecular flexibility index (Phi) is 3.83. The number of anilines is 1. The topological polar surface area (TPSA) is 39.3 Å². The van der Waals surface area contributed by atoms with Gasteiger partial charge in [0.1, 0.15) is 0 Å². The summed E-state index contributed by atoms with van der Waals surface area (Å²) < 4.78 is 2.18. The second-order valence-electron chi connectivity index (χ2n) is 3.57. The molecule has 3 rings (SSSR count). The van der Waals surface area contributed by atoms with E-state index in [1.165, 1.54) is 10.8 Å². The minimum atomic E-state index is 0.624. The summed E-state index contributed by atoms with van der Waals surface area (Å²) in [7, 11) is 1.92. The molecule has 0 amide bonds. The fourth-order valence-corrected chi connectivity index (χ4v) is 5.46. The number of hydrazine groups is 1. The molecule has 2 unspecified atom stereocenters. The largest absolute Gasteiger partial charge is 0.310 e. The van der Waals surface area contributed by atoms with Gasteiger partial charge in [-0.2, -0.15) is 4.55 Å². The number of nitrogens with zero attached hydrogens (tertiary/aromatic N) is 1. The minimum absolute atomic E-state index is 0.624. The van der Waals surface area contributed by atoms with E-state index in [2.05, 4.69) is 62.2 Å². The number of rotatable bonds is 2. The lowest BCUT2D eigenvalue weighted by Gasteiger charge is -2.28. The lowest BCUT2D eigenvalue weighted by atomic mass is 10.1. The predicted octanol–water partition coefficient (Wildman–Crippen LogP) is 3.19. The summed E-state index contributed by atoms with van der Waals surface area (Å²) in [6, 6.07) is 14.8. The zero-order valence-corrected chi connectivity index (χ0v) is 12.0. The molecular weight excluding hydrogens is 269 g/mol. The summed E-state index contributed by atoms with van der Waals surface area (Å²) in [5.74, 6) is 0. The van der Waals surface area contributed by atoms with Gasteiger partial charge in [-0.15, -0.1) is 0 Å². The quantitative estimate of drug-likeness (QED) is 0.740. The van der Waals surface area contributed by atoms with E-state index in [0.717, 1.165) is 5.69 Å². The second kappa shape index (κ2) is 5.54. The van der Waals surface area contributed by atoms with Crippen molar-refractivity contribution in [1.82, 2.24) is 14.3 Å². The van der Waals surface area contributed by atoms with Gasteiger partial charge >= 0.3 is 0 Å². The monoisotopic (exact) mass is 282 g/mol. The maximum Gasteiger partial charge on any atom is 0.0575 e. The maximum absolute atomic E-state index is 3.46. The van der Waals surface area contributed by atoms with Gasteiger partial charge in [0, 0.05) is 14.3 Å². The predicted molar refractivity (Wildman–Crippen MR) is 80.6 cm³/mol. The first-order chi connectivity index (χ1) is 8.43. The van der Waals surface area contributed by atoms with Gasteiger partial charge in [0.25, 0.3) is 0 Å². The van der Waals surface area contributed by atoms with Crippen molar-refractivity contribution in [2.45, 2.75) is 0 Å². The Hall–Kier alpha value is -0.330. The first-order valence-corrected chi connectivity index (χ1v) is 8.14. The van der Waals surface area contributed by atoms with E-state index in [1.807, 2.05) is 0 Å². The Bertz CT molecular complexity index is 510. The van der Waals surface area contributed by atoms with Crippen LogP contribution >= 0.6 is 26.6 Å². The van der Waals surface area contributed by atoms with Crippen LogP contribution in [0.4, 0.5) is 5.69 Å². The average molecular weight is 282 g/mol. The molecule has 1 fully saturated rings. The lowest BCUT2D eigenvalue weighted by molar-refractivity contribution is 0.871. The first-order valence-electron chi connectivity index (χ1n) is 5.24. The van der Waals surface area contributed by atoms with Gasteiger partial charge in [-0.3, -0.25) is 9.72 Å². The highest BCUT2D eigenvalue weighted by Gasteiger charge is 2.10. The van der Waals surface area contributed by atoms with Crippen LogP contribution < -0.4 is 15.1 Å². The molecule has 2 aromatic rings. The van der Waals surface area contributed by atoms with Crippen LogP contribution in [0.3, 0.4) is 0 Å². The highest BCUT2D eigenvalue weighted by atomic mass is 31.2. The van der Waals surface area contributed by atoms with E-state index in [-0.39, 0.29) is 0 Å². The second-order valence-corrected chi connectivity index (χ2v) is 7.61. The van der Waals surface area contributed by atoms with E-state index in [9.17, 15) is 0 Å². The highest BCUT2D eigenvalue weighted by molar-refractivity contribution is 7.65. The Morgan fingerprint density at radius 1 is 0.941 bits per heavy atom. The summed E-state index contributed by atoms with van der Waals surface area (Å²) in [4.78, 5) is 6.64. The van der Waals surface area contributed by atoms with Gasteiger partial charge in [-0.1, -0.05) is 36.4 Å². The van der Waals surface area contributed by atoms with E-state index in [4.69, 9.17) is 0 Å². The van der Waals surface area contributed by atoms with Crippen LogP contribution in [0.2, 0.25) is 0 Å². The molecule has 0 saturated carbocycles. The number of nitrogens with one attached hydrogen (secondary N) is 3. The van der Waals surface area contributed by atoms with Crippen molar-refractivity contribution < 1.29 is 0 Å². The van der Waals surface area contributed by atoms with Crippen LogP contribution in [0.5, 0.6) is 0 Å². The van der Waals surface area contributed by atoms with Crippen LogP contribution in [-0.2, 0) is 0 Å². The van der Waals surface area contributed by atoms with Crippen LogP contribution in [0, 0.1) is 0 Å². The van der Waals surface area contributed by atoms with Gasteiger partial charge in [0.15, 0.2) is 0 Å². The van der Waals surface area contributed by atoms with Crippen molar-refractivity contribution in [2.75, 3.05) is 5.43 Å². The van der Waals surface area contributed by atoms with Crippen molar-refractivity contribution in [1.29, 1.82) is 0 Å². The molecule has 7 heteroatoms. The van der Waals surface area contributed by atoms with Gasteiger partial charge in [0.2, 0.25) is 0 Å². The van der Waals surface area contributed by atoms with E-state index in [0.29, 0.717) is 26.6 Å². The Morgan fingerprint density at radius 2 is 1.71 bits per heavy atom. The van der Waals surface area contributed by atoms with Gasteiger partial charge in [-0.25, -0.2) is 0 Å². The Morgan fingerprint density at radius 3 is 2.59 bits per heavy atom. The standard InChI is InChI=1S/C10H13N4P3/c1-2-6-9-8(4-1)5-3-7-10(9)11-14-16-12-15-13-17-14/h1-7,11-13,15-17H. The Labute approximate surface area is 106 Å². The molecule has 3 N–H and O–H groups in total. The molecule has 88 valence electrons. The van der Waals surface area contributed by atoms with Crippen molar-refractivity contribution in [3.8, 4) is 0 Å². The molecule has 1 aliphatic rings. The SMILES string of the molecule is c1ccc2c(NN3PNPNP3)cccc2c1. The van der Waals surface area contributed by atoms with Crippen LogP contribution in [0.25, 0.3) is 10.8 Å². The molecule has 0 radical (unpaired) electrons. The first kappa shape index (κ1) is 11.7. The molecular formula is C10H13N4P3. The molecule has 1 heterocycles. The number of fused-ring (bicyclic) bond motifs is 1. The zero-order valence-electron chi connectivity index (χ0n) is 8.99. The van der Waals surface area contributed by atoms with Crippen LogP contribution in [-0.4, -0.2) is 4.55 Å². The zero-order chi connectivity index (χ0) is 11.5. The third-order valence-electron chi connectivity index (χ3n) is 2.48. The summed E-state index contributed by atoms with van der Waals surface area (Å²) in [6.45, 7) is 0. The molecule has 4 nitrogen and oxygen atoms in total. The third-order valence-corrected chi connectivity index (χ3v) is 5.72. The normalized spacial score (nSPS) is 21.4. The molecule has 1 saturated heterocycles. The molecule has 0 aliphatic carbocycles. The van der Waals surface area contributed by atoms with E-state index in [1.54, 1.807) is 0 Å². The molecule has 0 spiro atoms. The van der Waals surface area contributed by atoms with Gasteiger partial charge in [-0.05, 0) is 11.5 Å². The molecule has 2 atom stereocenters. The highest BCUT2D eigenvalue weighted by Crippen LogP contribution is 2.38. The molecule has 17 heavy (non-hydrogen) atoms. The smallest absolute Gasteiger partial charge is 0.0575 e. The lowest BCUT2D eigenvalue weighted by Crippen LogP contribution is -2.21. The molecule has 1 aliphatic heterocycles. The minimum Gasteiger partial charge on any atom is -0.310 e. The fraction of sp³-hybridized carbons (Fsp3) is 0.